The van der Waals surface area contributed by atoms with Crippen molar-refractivity contribution < 1.29 is 9.18 Å². The van der Waals surface area contributed by atoms with Gasteiger partial charge >= 0.3 is 0 Å². The number of amides is 1. The third kappa shape index (κ3) is 2.96. The van der Waals surface area contributed by atoms with Gasteiger partial charge in [-0.1, -0.05) is 35.5 Å². The average Bonchev–Trinajstić information content (AvgIpc) is 3.14. The molecule has 2 aromatic carbocycles. The van der Waals surface area contributed by atoms with Crippen LogP contribution in [-0.4, -0.2) is 38.1 Å². The second-order valence-corrected chi connectivity index (χ2v) is 7.09. The summed E-state index contributed by atoms with van der Waals surface area (Å²) in [5, 5.41) is 7.87. The van der Waals surface area contributed by atoms with Crippen LogP contribution in [0, 0.1) is 5.82 Å². The number of rotatable bonds is 3. The average molecular weight is 370 g/mol. The molecule has 1 aromatic heterocycles. The molecule has 4 rings (SSSR count). The van der Waals surface area contributed by atoms with E-state index in [1.807, 2.05) is 0 Å². The lowest BCUT2D eigenvalue weighted by molar-refractivity contribution is -0.132. The van der Waals surface area contributed by atoms with E-state index in [4.69, 9.17) is 0 Å². The lowest BCUT2D eigenvalue weighted by Crippen LogP contribution is -2.37. The minimum Gasteiger partial charge on any atom is -0.324 e. The van der Waals surface area contributed by atoms with Crippen LogP contribution < -0.4 is 5.56 Å². The molecule has 1 aliphatic heterocycles. The minimum atomic E-state index is -0.396. The summed E-state index contributed by atoms with van der Waals surface area (Å²) >= 11 is 1.51. The largest absolute Gasteiger partial charge is 0.324 e. The number of hydrogen-bond donors (Lipinski definition) is 0. The molecule has 8 heteroatoms. The molecular formula is C18H15FN4O2S. The predicted molar refractivity (Wildman–Crippen MR) is 97.1 cm³/mol. The highest BCUT2D eigenvalue weighted by Crippen LogP contribution is 2.38. The van der Waals surface area contributed by atoms with Gasteiger partial charge in [-0.25, -0.2) is 9.07 Å². The molecule has 0 aliphatic carbocycles. The van der Waals surface area contributed by atoms with E-state index in [0.29, 0.717) is 28.8 Å². The van der Waals surface area contributed by atoms with Crippen molar-refractivity contribution in [1.82, 2.24) is 19.9 Å². The van der Waals surface area contributed by atoms with Gasteiger partial charge < -0.3 is 4.90 Å². The summed E-state index contributed by atoms with van der Waals surface area (Å²) in [6, 6.07) is 13.3. The smallest absolute Gasteiger partial charge is 0.278 e. The summed E-state index contributed by atoms with van der Waals surface area (Å²) in [6.45, 7) is 0.278. The van der Waals surface area contributed by atoms with E-state index in [1.165, 1.54) is 17.8 Å². The monoisotopic (exact) mass is 370 g/mol. The molecule has 1 fully saturated rings. The van der Waals surface area contributed by atoms with Crippen LogP contribution in [0.15, 0.2) is 53.3 Å². The van der Waals surface area contributed by atoms with Gasteiger partial charge in [0.1, 0.15) is 23.3 Å². The summed E-state index contributed by atoms with van der Waals surface area (Å²) in [5.74, 6) is 0.0885. The predicted octanol–water partition coefficient (Wildman–Crippen LogP) is 2.20. The Hall–Kier alpha value is -2.74. The molecule has 1 amide bonds. The maximum atomic E-state index is 14.1. The molecule has 26 heavy (non-hydrogen) atoms. The number of benzene rings is 2. The molecule has 3 aromatic rings. The fourth-order valence-corrected chi connectivity index (χ4v) is 4.30. The van der Waals surface area contributed by atoms with Crippen LogP contribution in [0.3, 0.4) is 0 Å². The maximum absolute atomic E-state index is 14.1. The van der Waals surface area contributed by atoms with Crippen LogP contribution in [0.5, 0.6) is 0 Å². The van der Waals surface area contributed by atoms with Crippen molar-refractivity contribution in [3.05, 3.63) is 70.3 Å². The lowest BCUT2D eigenvalue weighted by Gasteiger charge is -2.24. The van der Waals surface area contributed by atoms with Crippen molar-refractivity contribution in [2.24, 2.45) is 0 Å². The molecule has 2 heterocycles. The van der Waals surface area contributed by atoms with Gasteiger partial charge in [0.25, 0.3) is 5.56 Å². The molecule has 1 atom stereocenters. The van der Waals surface area contributed by atoms with Crippen molar-refractivity contribution >= 4 is 28.6 Å². The molecule has 132 valence electrons. The van der Waals surface area contributed by atoms with Gasteiger partial charge in [0.05, 0.1) is 5.39 Å². The second kappa shape index (κ2) is 6.87. The van der Waals surface area contributed by atoms with Crippen LogP contribution in [0.2, 0.25) is 0 Å². The lowest BCUT2D eigenvalue weighted by atomic mass is 10.2. The van der Waals surface area contributed by atoms with E-state index in [-0.39, 0.29) is 23.8 Å². The number of carbonyl (C=O) groups excluding carboxylic acids is 1. The zero-order chi connectivity index (χ0) is 18.1. The van der Waals surface area contributed by atoms with Crippen molar-refractivity contribution in [2.75, 3.05) is 12.3 Å². The minimum absolute atomic E-state index is 0.220. The van der Waals surface area contributed by atoms with E-state index in [2.05, 4.69) is 10.3 Å². The number of aromatic nitrogens is 3. The van der Waals surface area contributed by atoms with Gasteiger partial charge in [-0.15, -0.1) is 16.9 Å². The van der Waals surface area contributed by atoms with Gasteiger partial charge in [0, 0.05) is 17.9 Å². The highest BCUT2D eigenvalue weighted by Gasteiger charge is 2.32. The first-order chi connectivity index (χ1) is 12.6. The van der Waals surface area contributed by atoms with E-state index in [9.17, 15) is 14.0 Å². The highest BCUT2D eigenvalue weighted by atomic mass is 32.2. The number of halogens is 1. The van der Waals surface area contributed by atoms with Crippen LogP contribution in [-0.2, 0) is 11.3 Å². The standard InChI is InChI=1S/C18H15FN4O2S/c19-14-7-3-1-5-12(14)18-22(9-10-26-18)16(24)11-23-17(25)13-6-2-4-8-15(13)20-21-23/h1-8,18H,9-11H2/t18-/m0/s1. The van der Waals surface area contributed by atoms with E-state index < -0.39 is 5.37 Å². The normalized spacial score (nSPS) is 17.0. The summed E-state index contributed by atoms with van der Waals surface area (Å²) in [4.78, 5) is 26.9. The third-order valence-corrected chi connectivity index (χ3v) is 5.54. The topological polar surface area (TPSA) is 68.1 Å². The number of thioether (sulfide) groups is 1. The summed E-state index contributed by atoms with van der Waals surface area (Å²) in [7, 11) is 0. The Morgan fingerprint density at radius 2 is 1.96 bits per heavy atom. The molecule has 0 unspecified atom stereocenters. The number of nitrogens with zero attached hydrogens (tertiary/aromatic N) is 4. The Morgan fingerprint density at radius 1 is 1.19 bits per heavy atom. The Balaban J connectivity index is 1.61. The molecule has 0 bridgehead atoms. The first kappa shape index (κ1) is 16.7. The van der Waals surface area contributed by atoms with E-state index in [0.717, 1.165) is 4.68 Å². The van der Waals surface area contributed by atoms with Crippen LogP contribution in [0.25, 0.3) is 10.9 Å². The zero-order valence-corrected chi connectivity index (χ0v) is 14.5. The SMILES string of the molecule is O=C(Cn1nnc2ccccc2c1=O)N1CCS[C@H]1c1ccccc1F. The van der Waals surface area contributed by atoms with E-state index in [1.54, 1.807) is 47.4 Å². The first-order valence-corrected chi connectivity index (χ1v) is 9.18. The Morgan fingerprint density at radius 3 is 2.81 bits per heavy atom. The van der Waals surface area contributed by atoms with Crippen LogP contribution in [0.1, 0.15) is 10.9 Å². The molecule has 0 N–H and O–H groups in total. The fourth-order valence-electron chi connectivity index (χ4n) is 3.00. The van der Waals surface area contributed by atoms with Crippen LogP contribution in [0.4, 0.5) is 4.39 Å². The molecule has 6 nitrogen and oxygen atoms in total. The van der Waals surface area contributed by atoms with Gasteiger partial charge in [-0.3, -0.25) is 9.59 Å². The van der Waals surface area contributed by atoms with Gasteiger partial charge in [0.2, 0.25) is 5.91 Å². The summed E-state index contributed by atoms with van der Waals surface area (Å²) < 4.78 is 15.2. The van der Waals surface area contributed by atoms with Crippen LogP contribution >= 0.6 is 11.8 Å². The molecule has 1 aliphatic rings. The first-order valence-electron chi connectivity index (χ1n) is 8.13. The Labute approximate surface area is 152 Å². The van der Waals surface area contributed by atoms with Crippen molar-refractivity contribution in [2.45, 2.75) is 11.9 Å². The number of carbonyl (C=O) groups is 1. The van der Waals surface area contributed by atoms with E-state index >= 15 is 0 Å². The number of fused-ring (bicyclic) bond motifs is 1. The molecule has 1 saturated heterocycles. The fraction of sp³-hybridized carbons (Fsp3) is 0.222. The molecular weight excluding hydrogens is 355 g/mol. The van der Waals surface area contributed by atoms with Gasteiger partial charge in [0.15, 0.2) is 0 Å². The van der Waals surface area contributed by atoms with Crippen molar-refractivity contribution in [3.8, 4) is 0 Å². The number of hydrogen-bond acceptors (Lipinski definition) is 5. The second-order valence-electron chi connectivity index (χ2n) is 5.90. The highest BCUT2D eigenvalue weighted by molar-refractivity contribution is 7.99. The van der Waals surface area contributed by atoms with Crippen molar-refractivity contribution in [3.63, 3.8) is 0 Å². The summed E-state index contributed by atoms with van der Waals surface area (Å²) in [5.41, 5.74) is 0.598. The quantitative estimate of drug-likeness (QED) is 0.707. The van der Waals surface area contributed by atoms with Gasteiger partial charge in [-0.05, 0) is 18.2 Å². The third-order valence-electron chi connectivity index (χ3n) is 4.30. The maximum Gasteiger partial charge on any atom is 0.278 e. The summed E-state index contributed by atoms with van der Waals surface area (Å²) in [6.07, 6.45) is 0. The zero-order valence-electron chi connectivity index (χ0n) is 13.7. The Kier molecular flexibility index (Phi) is 4.42. The van der Waals surface area contributed by atoms with Crippen molar-refractivity contribution in [1.29, 1.82) is 0 Å². The molecule has 0 spiro atoms. The molecule has 0 radical (unpaired) electrons. The molecule has 0 saturated carbocycles. The van der Waals surface area contributed by atoms with Gasteiger partial charge in [-0.2, -0.15) is 0 Å². The Bertz CT molecular complexity index is 1040.